The fourth-order valence-electron chi connectivity index (χ4n) is 4.46. The predicted molar refractivity (Wildman–Crippen MR) is 168 cm³/mol. The normalized spacial score (nSPS) is 11.3. The SMILES string of the molecule is COc1cc(OC)cc(-c2cc3cnc(NCCCc4cn(Cc5ccccn5)nn4)nc3nc2NC(=O)NC(C)(C)C)c1. The van der Waals surface area contributed by atoms with Gasteiger partial charge >= 0.3 is 6.03 Å². The molecule has 0 radical (unpaired) electrons. The summed E-state index contributed by atoms with van der Waals surface area (Å²) in [5.41, 5.74) is 3.24. The van der Waals surface area contributed by atoms with Gasteiger partial charge in [0.1, 0.15) is 17.3 Å². The van der Waals surface area contributed by atoms with Crippen LogP contribution in [0.5, 0.6) is 11.5 Å². The maximum Gasteiger partial charge on any atom is 0.320 e. The lowest BCUT2D eigenvalue weighted by Crippen LogP contribution is -2.43. The first kappa shape index (κ1) is 30.1. The zero-order valence-electron chi connectivity index (χ0n) is 25.5. The second kappa shape index (κ2) is 13.3. The molecule has 2 amide bonds. The number of ether oxygens (including phenoxy) is 2. The molecule has 228 valence electrons. The molecule has 4 heterocycles. The van der Waals surface area contributed by atoms with E-state index in [1.165, 1.54) is 0 Å². The standard InChI is InChI=1S/C31H36N10O3/c1-31(2,3)38-30(42)37-28-26(20-13-24(43-4)16-25(14-20)44-5)15-21-17-34-29(36-27(21)35-28)33-12-8-10-23-19-41(40-39-23)18-22-9-6-7-11-32-22/h6-7,9,11,13-17,19H,8,10,12,18H2,1-5H3,(H3,33,34,35,36,37,38,42). The number of nitrogens with one attached hydrogen (secondary N) is 3. The Kier molecular flexibility index (Phi) is 9.12. The van der Waals surface area contributed by atoms with Gasteiger partial charge in [-0.2, -0.15) is 4.98 Å². The molecule has 0 atom stereocenters. The lowest BCUT2D eigenvalue weighted by Gasteiger charge is -2.21. The lowest BCUT2D eigenvalue weighted by molar-refractivity contribution is 0.243. The predicted octanol–water partition coefficient (Wildman–Crippen LogP) is 4.71. The lowest BCUT2D eigenvalue weighted by atomic mass is 10.0. The number of urea groups is 1. The van der Waals surface area contributed by atoms with E-state index in [1.54, 1.807) is 37.4 Å². The second-order valence-corrected chi connectivity index (χ2v) is 11.2. The third kappa shape index (κ3) is 7.94. The number of anilines is 2. The first-order valence-electron chi connectivity index (χ1n) is 14.2. The molecule has 0 spiro atoms. The smallest absolute Gasteiger partial charge is 0.320 e. The van der Waals surface area contributed by atoms with E-state index in [1.807, 2.05) is 63.4 Å². The fourth-order valence-corrected chi connectivity index (χ4v) is 4.46. The topological polar surface area (TPSA) is 154 Å². The van der Waals surface area contributed by atoms with E-state index >= 15 is 0 Å². The minimum atomic E-state index is -0.438. The van der Waals surface area contributed by atoms with Crippen molar-refractivity contribution in [1.82, 2.24) is 40.2 Å². The summed E-state index contributed by atoms with van der Waals surface area (Å²) in [7, 11) is 3.17. The van der Waals surface area contributed by atoms with Crippen LogP contribution in [0.1, 0.15) is 38.6 Å². The average molecular weight is 597 g/mol. The van der Waals surface area contributed by atoms with Crippen LogP contribution in [0.2, 0.25) is 0 Å². The van der Waals surface area contributed by atoms with Gasteiger partial charge < -0.3 is 20.1 Å². The summed E-state index contributed by atoms with van der Waals surface area (Å²) in [5, 5.41) is 18.3. The zero-order valence-corrected chi connectivity index (χ0v) is 25.5. The number of aryl methyl sites for hydroxylation is 1. The summed E-state index contributed by atoms with van der Waals surface area (Å²) in [6, 6.07) is 12.8. The Morgan fingerprint density at radius 1 is 0.977 bits per heavy atom. The molecule has 0 fully saturated rings. The summed E-state index contributed by atoms with van der Waals surface area (Å²) in [4.78, 5) is 31.1. The molecule has 0 unspecified atom stereocenters. The van der Waals surface area contributed by atoms with E-state index in [4.69, 9.17) is 14.5 Å². The van der Waals surface area contributed by atoms with Crippen LogP contribution in [0.3, 0.4) is 0 Å². The number of fused-ring (bicyclic) bond motifs is 1. The summed E-state index contributed by atoms with van der Waals surface area (Å²) < 4.78 is 12.7. The first-order chi connectivity index (χ1) is 21.2. The molecular weight excluding hydrogens is 560 g/mol. The number of hydrogen-bond acceptors (Lipinski definition) is 10. The van der Waals surface area contributed by atoms with Crippen molar-refractivity contribution in [3.05, 3.63) is 72.4 Å². The highest BCUT2D eigenvalue weighted by molar-refractivity contribution is 5.96. The molecule has 4 aromatic heterocycles. The highest BCUT2D eigenvalue weighted by Gasteiger charge is 2.19. The monoisotopic (exact) mass is 596 g/mol. The van der Waals surface area contributed by atoms with Crippen molar-refractivity contribution in [3.8, 4) is 22.6 Å². The minimum Gasteiger partial charge on any atom is -0.497 e. The number of carbonyl (C=O) groups is 1. The van der Waals surface area contributed by atoms with Gasteiger partial charge in [0.15, 0.2) is 5.65 Å². The van der Waals surface area contributed by atoms with Crippen LogP contribution in [0.15, 0.2) is 61.1 Å². The Bertz CT molecular complexity index is 1710. The van der Waals surface area contributed by atoms with Crippen LogP contribution in [-0.4, -0.2) is 67.3 Å². The van der Waals surface area contributed by atoms with Crippen molar-refractivity contribution in [1.29, 1.82) is 0 Å². The molecule has 3 N–H and O–H groups in total. The quantitative estimate of drug-likeness (QED) is 0.183. The van der Waals surface area contributed by atoms with Crippen molar-refractivity contribution in [2.24, 2.45) is 0 Å². The Hall–Kier alpha value is -5.33. The van der Waals surface area contributed by atoms with E-state index in [0.29, 0.717) is 53.0 Å². The van der Waals surface area contributed by atoms with Crippen LogP contribution < -0.4 is 25.4 Å². The molecule has 13 nitrogen and oxygen atoms in total. The van der Waals surface area contributed by atoms with Crippen LogP contribution >= 0.6 is 0 Å². The number of pyridine rings is 2. The second-order valence-electron chi connectivity index (χ2n) is 11.2. The molecule has 0 aliphatic carbocycles. The van der Waals surface area contributed by atoms with Gasteiger partial charge in [-0.3, -0.25) is 10.3 Å². The maximum atomic E-state index is 12.9. The molecule has 0 aliphatic heterocycles. The third-order valence-electron chi connectivity index (χ3n) is 6.48. The number of benzene rings is 1. The van der Waals surface area contributed by atoms with Gasteiger partial charge in [-0.25, -0.2) is 19.4 Å². The molecule has 5 aromatic rings. The summed E-state index contributed by atoms with van der Waals surface area (Å²) in [6.45, 7) is 6.92. The van der Waals surface area contributed by atoms with Crippen LogP contribution in [0.4, 0.5) is 16.6 Å². The first-order valence-corrected chi connectivity index (χ1v) is 14.2. The number of hydrogen-bond donors (Lipinski definition) is 3. The van der Waals surface area contributed by atoms with E-state index in [0.717, 1.165) is 29.8 Å². The zero-order chi connectivity index (χ0) is 31.1. The van der Waals surface area contributed by atoms with Gasteiger partial charge in [-0.1, -0.05) is 11.3 Å². The van der Waals surface area contributed by atoms with E-state index in [9.17, 15) is 4.79 Å². The van der Waals surface area contributed by atoms with Gasteiger partial charge in [-0.15, -0.1) is 5.10 Å². The Morgan fingerprint density at radius 3 is 2.48 bits per heavy atom. The molecular formula is C31H36N10O3. The summed E-state index contributed by atoms with van der Waals surface area (Å²) >= 11 is 0. The van der Waals surface area contributed by atoms with E-state index < -0.39 is 5.54 Å². The van der Waals surface area contributed by atoms with Gasteiger partial charge in [-0.05, 0) is 69.5 Å². The Balaban J connectivity index is 1.31. The Morgan fingerprint density at radius 2 is 1.77 bits per heavy atom. The number of rotatable bonds is 11. The van der Waals surface area contributed by atoms with Crippen molar-refractivity contribution < 1.29 is 14.3 Å². The molecule has 13 heteroatoms. The van der Waals surface area contributed by atoms with E-state index in [2.05, 4.69) is 41.2 Å². The largest absolute Gasteiger partial charge is 0.497 e. The summed E-state index contributed by atoms with van der Waals surface area (Å²) in [5.74, 6) is 1.99. The third-order valence-corrected chi connectivity index (χ3v) is 6.48. The molecule has 0 aliphatic rings. The highest BCUT2D eigenvalue weighted by atomic mass is 16.5. The van der Waals surface area contributed by atoms with Crippen LogP contribution in [-0.2, 0) is 13.0 Å². The van der Waals surface area contributed by atoms with Crippen molar-refractivity contribution >= 4 is 28.8 Å². The van der Waals surface area contributed by atoms with Gasteiger partial charge in [0.05, 0.1) is 32.2 Å². The van der Waals surface area contributed by atoms with E-state index in [-0.39, 0.29) is 6.03 Å². The fraction of sp³-hybridized carbons (Fsp3) is 0.323. The number of amides is 2. The van der Waals surface area contributed by atoms with Crippen molar-refractivity contribution in [3.63, 3.8) is 0 Å². The minimum absolute atomic E-state index is 0.341. The average Bonchev–Trinajstić information content (AvgIpc) is 3.45. The number of methoxy groups -OCH3 is 2. The molecule has 0 bridgehead atoms. The molecule has 0 saturated carbocycles. The van der Waals surface area contributed by atoms with Crippen LogP contribution in [0, 0.1) is 0 Å². The highest BCUT2D eigenvalue weighted by Crippen LogP contribution is 2.35. The van der Waals surface area contributed by atoms with Gasteiger partial charge in [0.25, 0.3) is 0 Å². The number of aromatic nitrogens is 7. The maximum absolute atomic E-state index is 12.9. The molecule has 1 aromatic carbocycles. The Labute approximate surface area is 255 Å². The number of carbonyl (C=O) groups excluding carboxylic acids is 1. The van der Waals surface area contributed by atoms with Crippen LogP contribution in [0.25, 0.3) is 22.2 Å². The number of nitrogens with zero attached hydrogens (tertiary/aromatic N) is 7. The molecule has 44 heavy (non-hydrogen) atoms. The molecule has 5 rings (SSSR count). The van der Waals surface area contributed by atoms with Crippen molar-refractivity contribution in [2.45, 2.75) is 45.7 Å². The van der Waals surface area contributed by atoms with Gasteiger partial charge in [0, 0.05) is 47.7 Å². The van der Waals surface area contributed by atoms with Gasteiger partial charge in [0.2, 0.25) is 5.95 Å². The summed E-state index contributed by atoms with van der Waals surface area (Å²) in [6.07, 6.45) is 6.95. The van der Waals surface area contributed by atoms with Crippen molar-refractivity contribution in [2.75, 3.05) is 31.4 Å². The molecule has 0 saturated heterocycles.